The average Bonchev–Trinajstić information content (AvgIpc) is 3.37. The van der Waals surface area contributed by atoms with Crippen LogP contribution >= 0.6 is 11.3 Å². The van der Waals surface area contributed by atoms with Crippen LogP contribution in [0, 0.1) is 12.8 Å². The molecular weight excluding hydrogens is 396 g/mol. The monoisotopic (exact) mass is 430 g/mol. The molecule has 1 saturated heterocycles. The molecule has 164 valence electrons. The maximum Gasteiger partial charge on any atom is 0.191 e. The summed E-state index contributed by atoms with van der Waals surface area (Å²) in [4.78, 5) is 10.5. The number of thiazole rings is 1. The van der Waals surface area contributed by atoms with Gasteiger partial charge in [0.15, 0.2) is 5.96 Å². The number of aryl methyl sites for hydroxylation is 1. The fourth-order valence-corrected chi connectivity index (χ4v) is 4.31. The number of aliphatic imine (C=N–C) groups is 1. The molecule has 0 radical (unpaired) electrons. The number of aromatic nitrogens is 1. The first-order chi connectivity index (χ1) is 14.5. The van der Waals surface area contributed by atoms with Gasteiger partial charge in [0.05, 0.1) is 31.3 Å². The third-order valence-corrected chi connectivity index (χ3v) is 5.79. The molecule has 0 amide bonds. The Morgan fingerprint density at radius 3 is 2.97 bits per heavy atom. The van der Waals surface area contributed by atoms with E-state index in [0.717, 1.165) is 49.8 Å². The number of nitrogens with one attached hydrogen (secondary N) is 2. The smallest absolute Gasteiger partial charge is 0.191 e. The van der Waals surface area contributed by atoms with E-state index >= 15 is 0 Å². The highest BCUT2D eigenvalue weighted by molar-refractivity contribution is 7.11. The van der Waals surface area contributed by atoms with Crippen LogP contribution in [-0.4, -0.2) is 36.8 Å². The molecule has 2 N–H and O–H groups in total. The summed E-state index contributed by atoms with van der Waals surface area (Å²) >= 11 is 1.77. The summed E-state index contributed by atoms with van der Waals surface area (Å²) in [7, 11) is 0. The number of benzene rings is 1. The Kier molecular flexibility index (Phi) is 8.51. The molecule has 1 aromatic carbocycles. The molecular formula is C23H34N4O2S. The van der Waals surface area contributed by atoms with E-state index in [1.165, 1.54) is 15.4 Å². The van der Waals surface area contributed by atoms with Gasteiger partial charge in [-0.25, -0.2) is 9.98 Å². The summed E-state index contributed by atoms with van der Waals surface area (Å²) in [5, 5.41) is 7.95. The third kappa shape index (κ3) is 6.99. The van der Waals surface area contributed by atoms with Gasteiger partial charge in [-0.2, -0.15) is 0 Å². The van der Waals surface area contributed by atoms with Gasteiger partial charge in [0, 0.05) is 36.0 Å². The summed E-state index contributed by atoms with van der Waals surface area (Å²) in [6, 6.07) is 6.31. The Labute approximate surface area is 184 Å². The lowest BCUT2D eigenvalue weighted by Gasteiger charge is -2.16. The Morgan fingerprint density at radius 1 is 1.37 bits per heavy atom. The lowest BCUT2D eigenvalue weighted by molar-refractivity contribution is 0.140. The molecule has 3 rings (SSSR count). The van der Waals surface area contributed by atoms with E-state index in [1.54, 1.807) is 11.3 Å². The summed E-state index contributed by atoms with van der Waals surface area (Å²) in [5.41, 5.74) is 2.27. The van der Waals surface area contributed by atoms with Crippen molar-refractivity contribution in [1.29, 1.82) is 0 Å². The van der Waals surface area contributed by atoms with E-state index in [1.807, 2.05) is 6.20 Å². The maximum atomic E-state index is 6.20. The topological polar surface area (TPSA) is 67.8 Å². The van der Waals surface area contributed by atoms with Crippen molar-refractivity contribution in [1.82, 2.24) is 15.6 Å². The van der Waals surface area contributed by atoms with Crippen molar-refractivity contribution < 1.29 is 9.47 Å². The lowest BCUT2D eigenvalue weighted by Crippen LogP contribution is -2.36. The van der Waals surface area contributed by atoms with Crippen LogP contribution in [0.5, 0.6) is 5.75 Å². The van der Waals surface area contributed by atoms with E-state index in [0.29, 0.717) is 19.1 Å². The maximum absolute atomic E-state index is 6.20. The van der Waals surface area contributed by atoms with Gasteiger partial charge in [0.25, 0.3) is 0 Å². The van der Waals surface area contributed by atoms with Gasteiger partial charge in [-0.15, -0.1) is 11.3 Å². The Bertz CT molecular complexity index is 828. The second-order valence-corrected chi connectivity index (χ2v) is 9.28. The average molecular weight is 431 g/mol. The fourth-order valence-electron chi connectivity index (χ4n) is 3.24. The molecule has 1 aliphatic heterocycles. The number of guanidine groups is 1. The van der Waals surface area contributed by atoms with Crippen LogP contribution in [-0.2, 0) is 24.2 Å². The molecule has 7 heteroatoms. The molecule has 0 saturated carbocycles. The highest BCUT2D eigenvalue weighted by Gasteiger charge is 2.18. The quantitative estimate of drug-likeness (QED) is 0.464. The molecule has 30 heavy (non-hydrogen) atoms. The molecule has 2 heterocycles. The Hall–Kier alpha value is -2.12. The molecule has 0 aliphatic carbocycles. The number of rotatable bonds is 9. The first-order valence-corrected chi connectivity index (χ1v) is 11.6. The van der Waals surface area contributed by atoms with Gasteiger partial charge in [0.1, 0.15) is 11.9 Å². The van der Waals surface area contributed by atoms with E-state index in [2.05, 4.69) is 61.5 Å². The van der Waals surface area contributed by atoms with Crippen LogP contribution in [0.2, 0.25) is 0 Å². The number of nitrogens with zero attached hydrogens (tertiary/aromatic N) is 2. The van der Waals surface area contributed by atoms with Crippen LogP contribution in [0.4, 0.5) is 0 Å². The molecule has 2 aromatic rings. The van der Waals surface area contributed by atoms with Crippen molar-refractivity contribution in [2.45, 2.75) is 59.7 Å². The van der Waals surface area contributed by atoms with Gasteiger partial charge in [-0.3, -0.25) is 0 Å². The van der Waals surface area contributed by atoms with Crippen molar-refractivity contribution in [3.63, 3.8) is 0 Å². The SMILES string of the molecule is CCNC(=NCc1ccc(C)cc1OC1CCOC1)NCc1cnc(CC(C)C)s1. The molecule has 1 aliphatic rings. The lowest BCUT2D eigenvalue weighted by atomic mass is 10.1. The second-order valence-electron chi connectivity index (χ2n) is 8.08. The van der Waals surface area contributed by atoms with Crippen molar-refractivity contribution in [2.24, 2.45) is 10.9 Å². The van der Waals surface area contributed by atoms with Crippen LogP contribution in [0.15, 0.2) is 29.4 Å². The molecule has 0 spiro atoms. The van der Waals surface area contributed by atoms with Gasteiger partial charge in [-0.05, 0) is 31.4 Å². The molecule has 1 aromatic heterocycles. The van der Waals surface area contributed by atoms with Crippen molar-refractivity contribution in [2.75, 3.05) is 19.8 Å². The van der Waals surface area contributed by atoms with Crippen molar-refractivity contribution in [3.8, 4) is 5.75 Å². The Morgan fingerprint density at radius 2 is 2.23 bits per heavy atom. The van der Waals surface area contributed by atoms with E-state index in [-0.39, 0.29) is 6.10 Å². The van der Waals surface area contributed by atoms with Crippen LogP contribution in [0.1, 0.15) is 48.2 Å². The summed E-state index contributed by atoms with van der Waals surface area (Å²) in [6.07, 6.45) is 4.07. The van der Waals surface area contributed by atoms with Gasteiger partial charge < -0.3 is 20.1 Å². The third-order valence-electron chi connectivity index (χ3n) is 4.77. The van der Waals surface area contributed by atoms with Crippen LogP contribution in [0.25, 0.3) is 0 Å². The molecule has 1 unspecified atom stereocenters. The predicted octanol–water partition coefficient (Wildman–Crippen LogP) is 4.07. The summed E-state index contributed by atoms with van der Waals surface area (Å²) < 4.78 is 11.7. The Balaban J connectivity index is 1.63. The van der Waals surface area contributed by atoms with Gasteiger partial charge >= 0.3 is 0 Å². The normalized spacial score (nSPS) is 16.8. The largest absolute Gasteiger partial charge is 0.488 e. The highest BCUT2D eigenvalue weighted by Crippen LogP contribution is 2.24. The zero-order chi connectivity index (χ0) is 21.3. The standard InChI is InChI=1S/C23H34N4O2S/c1-5-24-23(27-14-20-13-25-22(30-20)10-16(2)3)26-12-18-7-6-17(4)11-21(18)29-19-8-9-28-15-19/h6-7,11,13,16,19H,5,8-10,12,14-15H2,1-4H3,(H2,24,26,27). The van der Waals surface area contributed by atoms with Crippen molar-refractivity contribution >= 4 is 17.3 Å². The van der Waals surface area contributed by atoms with Crippen LogP contribution < -0.4 is 15.4 Å². The number of hydrogen-bond acceptors (Lipinski definition) is 5. The van der Waals surface area contributed by atoms with Gasteiger partial charge in [0.2, 0.25) is 0 Å². The number of hydrogen-bond donors (Lipinski definition) is 2. The zero-order valence-corrected chi connectivity index (χ0v) is 19.3. The highest BCUT2D eigenvalue weighted by atomic mass is 32.1. The minimum atomic E-state index is 0.132. The van der Waals surface area contributed by atoms with Crippen LogP contribution in [0.3, 0.4) is 0 Å². The molecule has 6 nitrogen and oxygen atoms in total. The molecule has 1 fully saturated rings. The summed E-state index contributed by atoms with van der Waals surface area (Å²) in [5.74, 6) is 2.33. The molecule has 1 atom stereocenters. The fraction of sp³-hybridized carbons (Fsp3) is 0.565. The van der Waals surface area contributed by atoms with E-state index in [9.17, 15) is 0 Å². The number of ether oxygens (including phenoxy) is 2. The zero-order valence-electron chi connectivity index (χ0n) is 18.5. The predicted molar refractivity (Wildman–Crippen MR) is 123 cm³/mol. The first kappa shape index (κ1) is 22.6. The second kappa shape index (κ2) is 11.3. The minimum Gasteiger partial charge on any atom is -0.488 e. The van der Waals surface area contributed by atoms with E-state index in [4.69, 9.17) is 14.5 Å². The van der Waals surface area contributed by atoms with Crippen molar-refractivity contribution in [3.05, 3.63) is 45.4 Å². The van der Waals surface area contributed by atoms with Gasteiger partial charge in [-0.1, -0.05) is 26.0 Å². The summed E-state index contributed by atoms with van der Waals surface area (Å²) in [6.45, 7) is 12.1. The van der Waals surface area contributed by atoms with E-state index < -0.39 is 0 Å². The first-order valence-electron chi connectivity index (χ1n) is 10.8. The molecule has 0 bridgehead atoms. The minimum absolute atomic E-state index is 0.132.